The lowest BCUT2D eigenvalue weighted by atomic mass is 10.1. The fourth-order valence-electron chi connectivity index (χ4n) is 1.46. The average molecular weight is 146 g/mol. The molecule has 4 heteroatoms. The van der Waals surface area contributed by atoms with Crippen LogP contribution >= 0.6 is 0 Å². The van der Waals surface area contributed by atoms with Gasteiger partial charge in [-0.3, -0.25) is 0 Å². The second-order valence-corrected chi connectivity index (χ2v) is 2.73. The Morgan fingerprint density at radius 3 is 1.70 bits per heavy atom. The third-order valence-corrected chi connectivity index (χ3v) is 2.00. The van der Waals surface area contributed by atoms with Crippen molar-refractivity contribution in [2.45, 2.75) is 24.4 Å². The fourth-order valence-corrected chi connectivity index (χ4v) is 1.46. The molecule has 4 atom stereocenters. The molecular weight excluding hydrogens is 136 g/mol. The van der Waals surface area contributed by atoms with Crippen LogP contribution in [0.3, 0.4) is 0 Å². The van der Waals surface area contributed by atoms with E-state index < -0.39 is 12.2 Å². The maximum absolute atomic E-state index is 9.16. The van der Waals surface area contributed by atoms with Crippen LogP contribution in [0.25, 0.3) is 0 Å². The quantitative estimate of drug-likeness (QED) is 0.437. The average Bonchev–Trinajstić information content (AvgIpc) is 2.41. The highest BCUT2D eigenvalue weighted by Gasteiger charge is 2.46. The zero-order valence-corrected chi connectivity index (χ0v) is 5.43. The van der Waals surface area contributed by atoms with Gasteiger partial charge in [0, 0.05) is 0 Å². The highest BCUT2D eigenvalue weighted by molar-refractivity contribution is 4.93. The SMILES string of the molecule is OC1COC2[C@@H]1OC[C@H]2O. The largest absolute Gasteiger partial charge is 0.388 e. The van der Waals surface area contributed by atoms with E-state index in [2.05, 4.69) is 0 Å². The number of rotatable bonds is 0. The Balaban J connectivity index is 2.09. The zero-order valence-electron chi connectivity index (χ0n) is 5.43. The van der Waals surface area contributed by atoms with Crippen LogP contribution in [0.5, 0.6) is 0 Å². The van der Waals surface area contributed by atoms with E-state index in [1.165, 1.54) is 0 Å². The molecule has 0 saturated carbocycles. The summed E-state index contributed by atoms with van der Waals surface area (Å²) in [7, 11) is 0. The van der Waals surface area contributed by atoms with Crippen LogP contribution in [0.4, 0.5) is 0 Å². The van der Waals surface area contributed by atoms with Crippen molar-refractivity contribution in [2.75, 3.05) is 13.2 Å². The number of hydrogen-bond acceptors (Lipinski definition) is 4. The Hall–Kier alpha value is -0.160. The van der Waals surface area contributed by atoms with Gasteiger partial charge in [0.25, 0.3) is 0 Å². The van der Waals surface area contributed by atoms with Gasteiger partial charge in [0.15, 0.2) is 0 Å². The molecule has 0 aromatic carbocycles. The summed E-state index contributed by atoms with van der Waals surface area (Å²) in [5.41, 5.74) is 0. The van der Waals surface area contributed by atoms with Gasteiger partial charge in [-0.1, -0.05) is 0 Å². The van der Waals surface area contributed by atoms with E-state index >= 15 is 0 Å². The molecule has 2 aliphatic rings. The smallest absolute Gasteiger partial charge is 0.114 e. The summed E-state index contributed by atoms with van der Waals surface area (Å²) < 4.78 is 10.2. The summed E-state index contributed by atoms with van der Waals surface area (Å²) in [5, 5.41) is 18.3. The molecule has 0 aliphatic carbocycles. The maximum atomic E-state index is 9.16. The molecule has 2 heterocycles. The second kappa shape index (κ2) is 2.17. The maximum Gasteiger partial charge on any atom is 0.114 e. The first-order valence-corrected chi connectivity index (χ1v) is 3.38. The van der Waals surface area contributed by atoms with Gasteiger partial charge in [0.1, 0.15) is 24.4 Å². The van der Waals surface area contributed by atoms with Crippen molar-refractivity contribution in [3.05, 3.63) is 0 Å². The number of aliphatic hydroxyl groups is 2. The number of ether oxygens (including phenoxy) is 2. The van der Waals surface area contributed by atoms with E-state index in [1.54, 1.807) is 0 Å². The van der Waals surface area contributed by atoms with Gasteiger partial charge >= 0.3 is 0 Å². The minimum atomic E-state index is -0.554. The first kappa shape index (κ1) is 6.54. The molecule has 0 aromatic heterocycles. The predicted octanol–water partition coefficient (Wildman–Crippen LogP) is -1.49. The van der Waals surface area contributed by atoms with E-state index in [0.29, 0.717) is 0 Å². The summed E-state index contributed by atoms with van der Waals surface area (Å²) in [6.07, 6.45) is -1.70. The molecule has 2 rings (SSSR count). The molecule has 2 fully saturated rings. The number of hydrogen-bond donors (Lipinski definition) is 2. The molecule has 2 saturated heterocycles. The minimum absolute atomic E-state index is 0.284. The standard InChI is InChI=1S/C6H10O4/c7-3-1-9-6-4(8)2-10-5(3)6/h3-8H,1-2H2/t3-,4?,5?,6-/m1/s1. The van der Waals surface area contributed by atoms with Crippen LogP contribution in [0.2, 0.25) is 0 Å². The molecule has 58 valence electrons. The van der Waals surface area contributed by atoms with Crippen molar-refractivity contribution in [3.8, 4) is 0 Å². The Labute approximate surface area is 58.4 Å². The number of aliphatic hydroxyl groups excluding tert-OH is 2. The summed E-state index contributed by atoms with van der Waals surface area (Å²) >= 11 is 0. The first-order valence-electron chi connectivity index (χ1n) is 3.38. The molecule has 0 radical (unpaired) electrons. The highest BCUT2D eigenvalue weighted by Crippen LogP contribution is 2.26. The van der Waals surface area contributed by atoms with E-state index in [9.17, 15) is 0 Å². The monoisotopic (exact) mass is 146 g/mol. The fraction of sp³-hybridized carbons (Fsp3) is 1.00. The molecule has 0 amide bonds. The van der Waals surface area contributed by atoms with Gasteiger partial charge in [-0.2, -0.15) is 0 Å². The van der Waals surface area contributed by atoms with Crippen molar-refractivity contribution in [2.24, 2.45) is 0 Å². The van der Waals surface area contributed by atoms with Crippen molar-refractivity contribution >= 4 is 0 Å². The molecule has 4 nitrogen and oxygen atoms in total. The Kier molecular flexibility index (Phi) is 1.42. The van der Waals surface area contributed by atoms with Crippen LogP contribution < -0.4 is 0 Å². The molecule has 2 unspecified atom stereocenters. The summed E-state index contributed by atoms with van der Waals surface area (Å²) in [6, 6.07) is 0. The van der Waals surface area contributed by atoms with E-state index in [4.69, 9.17) is 19.7 Å². The lowest BCUT2D eigenvalue weighted by Crippen LogP contribution is -2.30. The van der Waals surface area contributed by atoms with Gasteiger partial charge in [0.2, 0.25) is 0 Å². The first-order chi connectivity index (χ1) is 4.79. The summed E-state index contributed by atoms with van der Waals surface area (Å²) in [5.74, 6) is 0. The van der Waals surface area contributed by atoms with Gasteiger partial charge < -0.3 is 19.7 Å². The van der Waals surface area contributed by atoms with E-state index in [0.717, 1.165) is 0 Å². The zero-order chi connectivity index (χ0) is 7.14. The Morgan fingerprint density at radius 1 is 0.900 bits per heavy atom. The Morgan fingerprint density at radius 2 is 1.30 bits per heavy atom. The third-order valence-electron chi connectivity index (χ3n) is 2.00. The molecule has 0 aromatic rings. The van der Waals surface area contributed by atoms with Crippen LogP contribution in [0, 0.1) is 0 Å². The van der Waals surface area contributed by atoms with E-state index in [-0.39, 0.29) is 25.4 Å². The second-order valence-electron chi connectivity index (χ2n) is 2.73. The lowest BCUT2D eigenvalue weighted by Gasteiger charge is -2.09. The van der Waals surface area contributed by atoms with Crippen molar-refractivity contribution < 1.29 is 19.7 Å². The normalized spacial score (nSPS) is 53.4. The van der Waals surface area contributed by atoms with Crippen molar-refractivity contribution in [1.29, 1.82) is 0 Å². The van der Waals surface area contributed by atoms with Crippen LogP contribution in [-0.2, 0) is 9.47 Å². The molecule has 0 spiro atoms. The van der Waals surface area contributed by atoms with Crippen LogP contribution in [0.1, 0.15) is 0 Å². The lowest BCUT2D eigenvalue weighted by molar-refractivity contribution is 0.00205. The predicted molar refractivity (Wildman–Crippen MR) is 31.5 cm³/mol. The molecule has 2 N–H and O–H groups in total. The third kappa shape index (κ3) is 0.769. The van der Waals surface area contributed by atoms with Crippen molar-refractivity contribution in [3.63, 3.8) is 0 Å². The molecular formula is C6H10O4. The topological polar surface area (TPSA) is 58.9 Å². The van der Waals surface area contributed by atoms with Gasteiger partial charge in [-0.05, 0) is 0 Å². The highest BCUT2D eigenvalue weighted by atomic mass is 16.6. The van der Waals surface area contributed by atoms with Gasteiger partial charge in [-0.25, -0.2) is 0 Å². The van der Waals surface area contributed by atoms with E-state index in [1.807, 2.05) is 0 Å². The Bertz CT molecular complexity index is 122. The van der Waals surface area contributed by atoms with Crippen LogP contribution in [0.15, 0.2) is 0 Å². The molecule has 0 bridgehead atoms. The van der Waals surface area contributed by atoms with Crippen molar-refractivity contribution in [1.82, 2.24) is 0 Å². The number of fused-ring (bicyclic) bond motifs is 1. The summed E-state index contributed by atoms with van der Waals surface area (Å²) in [6.45, 7) is 0.568. The molecule has 2 aliphatic heterocycles. The minimum Gasteiger partial charge on any atom is -0.388 e. The summed E-state index contributed by atoms with van der Waals surface area (Å²) in [4.78, 5) is 0. The van der Waals surface area contributed by atoms with Crippen LogP contribution in [-0.4, -0.2) is 47.8 Å². The van der Waals surface area contributed by atoms with Gasteiger partial charge in [0.05, 0.1) is 13.2 Å². The molecule has 10 heavy (non-hydrogen) atoms. The van der Waals surface area contributed by atoms with Gasteiger partial charge in [-0.15, -0.1) is 0 Å².